The molecule has 66 valence electrons. The number of nitrogens with one attached hydrogen (secondary N) is 1. The summed E-state index contributed by atoms with van der Waals surface area (Å²) in [6.07, 6.45) is 2.54. The first-order valence-corrected chi connectivity index (χ1v) is 4.17. The molecule has 0 amide bonds. The van der Waals surface area contributed by atoms with Gasteiger partial charge in [-0.25, -0.2) is 15.0 Å². The third kappa shape index (κ3) is 2.00. The molecule has 0 radical (unpaired) electrons. The van der Waals surface area contributed by atoms with E-state index in [9.17, 15) is 4.39 Å². The van der Waals surface area contributed by atoms with Gasteiger partial charge in [-0.3, -0.25) is 5.10 Å². The van der Waals surface area contributed by atoms with Gasteiger partial charge in [0.2, 0.25) is 5.95 Å². The fraction of sp³-hybridized carbons (Fsp3) is 0. The Morgan fingerprint density at radius 2 is 2.15 bits per heavy atom. The zero-order valence-corrected chi connectivity index (χ0v) is 7.12. The van der Waals surface area contributed by atoms with Crippen LogP contribution in [0.4, 0.5) is 4.39 Å². The van der Waals surface area contributed by atoms with Crippen molar-refractivity contribution in [2.45, 2.75) is 10.2 Å². The molecule has 5 nitrogen and oxygen atoms in total. The van der Waals surface area contributed by atoms with Crippen molar-refractivity contribution in [1.29, 1.82) is 0 Å². The van der Waals surface area contributed by atoms with Gasteiger partial charge in [0.05, 0.1) is 0 Å². The van der Waals surface area contributed by atoms with Crippen LogP contribution in [0.15, 0.2) is 28.9 Å². The van der Waals surface area contributed by atoms with Gasteiger partial charge in [0, 0.05) is 6.07 Å². The summed E-state index contributed by atoms with van der Waals surface area (Å²) in [7, 11) is 0. The van der Waals surface area contributed by atoms with E-state index in [2.05, 4.69) is 25.1 Å². The van der Waals surface area contributed by atoms with Crippen LogP contribution in [-0.2, 0) is 0 Å². The van der Waals surface area contributed by atoms with Crippen LogP contribution < -0.4 is 0 Å². The molecule has 0 aliphatic heterocycles. The summed E-state index contributed by atoms with van der Waals surface area (Å²) >= 11 is 1.19. The number of halogens is 1. The number of aromatic amines is 1. The predicted octanol–water partition coefficient (Wildman–Crippen LogP) is 0.885. The fourth-order valence-corrected chi connectivity index (χ4v) is 1.37. The smallest absolute Gasteiger partial charge is 0.217 e. The van der Waals surface area contributed by atoms with E-state index in [1.54, 1.807) is 0 Å². The maximum Gasteiger partial charge on any atom is 0.217 e. The van der Waals surface area contributed by atoms with E-state index in [1.807, 2.05) is 0 Å². The number of aromatic nitrogens is 5. The topological polar surface area (TPSA) is 67.3 Å². The molecule has 0 unspecified atom stereocenters. The fourth-order valence-electron chi connectivity index (χ4n) is 0.716. The second-order valence-corrected chi connectivity index (χ2v) is 3.08. The second kappa shape index (κ2) is 3.48. The van der Waals surface area contributed by atoms with Gasteiger partial charge < -0.3 is 0 Å². The molecule has 0 aliphatic rings. The summed E-state index contributed by atoms with van der Waals surface area (Å²) in [5.74, 6) is -0.558. The Balaban J connectivity index is 2.19. The van der Waals surface area contributed by atoms with Gasteiger partial charge in [-0.15, -0.1) is 0 Å². The highest BCUT2D eigenvalue weighted by molar-refractivity contribution is 7.99. The summed E-state index contributed by atoms with van der Waals surface area (Å²) in [6, 6.07) is 1.23. The monoisotopic (exact) mass is 197 g/mol. The van der Waals surface area contributed by atoms with Crippen LogP contribution in [0.1, 0.15) is 0 Å². The van der Waals surface area contributed by atoms with Crippen molar-refractivity contribution in [3.05, 3.63) is 24.7 Å². The van der Waals surface area contributed by atoms with Crippen molar-refractivity contribution in [1.82, 2.24) is 25.1 Å². The number of hydrogen-bond donors (Lipinski definition) is 1. The van der Waals surface area contributed by atoms with Crippen molar-refractivity contribution >= 4 is 11.8 Å². The van der Waals surface area contributed by atoms with Gasteiger partial charge in [0.1, 0.15) is 17.7 Å². The molecule has 0 fully saturated rings. The summed E-state index contributed by atoms with van der Waals surface area (Å²) in [4.78, 5) is 11.0. The molecule has 2 aromatic heterocycles. The minimum Gasteiger partial charge on any atom is -0.254 e. The summed E-state index contributed by atoms with van der Waals surface area (Å²) in [5, 5.41) is 7.33. The molecule has 7 heteroatoms. The molecule has 0 bridgehead atoms. The van der Waals surface area contributed by atoms with Crippen LogP contribution in [0.5, 0.6) is 0 Å². The van der Waals surface area contributed by atoms with Crippen LogP contribution in [0.2, 0.25) is 0 Å². The molecule has 0 saturated carbocycles. The zero-order valence-electron chi connectivity index (χ0n) is 6.31. The SMILES string of the molecule is Fc1cc(Sc2ncn[nH]2)ncn1. The highest BCUT2D eigenvalue weighted by Gasteiger charge is 2.02. The van der Waals surface area contributed by atoms with Crippen molar-refractivity contribution in [3.63, 3.8) is 0 Å². The van der Waals surface area contributed by atoms with E-state index >= 15 is 0 Å². The second-order valence-electron chi connectivity index (χ2n) is 2.07. The van der Waals surface area contributed by atoms with Crippen LogP contribution in [0.25, 0.3) is 0 Å². The van der Waals surface area contributed by atoms with E-state index in [0.29, 0.717) is 10.2 Å². The summed E-state index contributed by atoms with van der Waals surface area (Å²) in [5.41, 5.74) is 0. The standard InChI is InChI=1S/C6H4FN5S/c7-4-1-5(9-2-8-4)13-6-10-3-11-12-6/h1-3H,(H,10,11,12). The van der Waals surface area contributed by atoms with Crippen LogP contribution in [0.3, 0.4) is 0 Å². The van der Waals surface area contributed by atoms with Gasteiger partial charge >= 0.3 is 0 Å². The molecule has 2 aromatic rings. The molecular formula is C6H4FN5S. The normalized spacial score (nSPS) is 10.2. The number of rotatable bonds is 2. The van der Waals surface area contributed by atoms with Crippen LogP contribution in [-0.4, -0.2) is 25.1 Å². The maximum atomic E-state index is 12.6. The number of nitrogens with zero attached hydrogens (tertiary/aromatic N) is 4. The van der Waals surface area contributed by atoms with Gasteiger partial charge in [0.25, 0.3) is 0 Å². The first kappa shape index (κ1) is 8.11. The largest absolute Gasteiger partial charge is 0.254 e. The van der Waals surface area contributed by atoms with Gasteiger partial charge in [0.15, 0.2) is 5.16 Å². The molecule has 0 aliphatic carbocycles. The molecule has 2 rings (SSSR count). The molecule has 2 heterocycles. The molecular weight excluding hydrogens is 193 g/mol. The average molecular weight is 197 g/mol. The van der Waals surface area contributed by atoms with E-state index in [0.717, 1.165) is 6.33 Å². The minimum atomic E-state index is -0.558. The van der Waals surface area contributed by atoms with Gasteiger partial charge in [-0.05, 0) is 11.8 Å². The van der Waals surface area contributed by atoms with E-state index < -0.39 is 5.95 Å². The van der Waals surface area contributed by atoms with Gasteiger partial charge in [-0.1, -0.05) is 0 Å². The highest BCUT2D eigenvalue weighted by atomic mass is 32.2. The van der Waals surface area contributed by atoms with E-state index in [1.165, 1.54) is 24.2 Å². The minimum absolute atomic E-state index is 0.490. The van der Waals surface area contributed by atoms with Crippen molar-refractivity contribution < 1.29 is 4.39 Å². The van der Waals surface area contributed by atoms with Crippen LogP contribution >= 0.6 is 11.8 Å². The number of hydrogen-bond acceptors (Lipinski definition) is 5. The van der Waals surface area contributed by atoms with Crippen molar-refractivity contribution in [3.8, 4) is 0 Å². The Labute approximate surface area is 76.8 Å². The molecule has 0 atom stereocenters. The quantitative estimate of drug-likeness (QED) is 0.724. The Morgan fingerprint density at radius 3 is 2.85 bits per heavy atom. The number of H-pyrrole nitrogens is 1. The Hall–Kier alpha value is -1.50. The average Bonchev–Trinajstić information content (AvgIpc) is 2.57. The first-order chi connectivity index (χ1) is 6.34. The Bertz CT molecular complexity index is 390. The molecule has 0 aromatic carbocycles. The molecule has 0 saturated heterocycles. The summed E-state index contributed by atoms with van der Waals surface area (Å²) in [6.45, 7) is 0. The lowest BCUT2D eigenvalue weighted by Crippen LogP contribution is -1.86. The van der Waals surface area contributed by atoms with E-state index in [-0.39, 0.29) is 0 Å². The maximum absolute atomic E-state index is 12.6. The molecule has 1 N–H and O–H groups in total. The third-order valence-corrected chi connectivity index (χ3v) is 2.03. The highest BCUT2D eigenvalue weighted by Crippen LogP contribution is 2.20. The Kier molecular flexibility index (Phi) is 2.17. The lowest BCUT2D eigenvalue weighted by Gasteiger charge is -1.94. The summed E-state index contributed by atoms with van der Waals surface area (Å²) < 4.78 is 12.6. The van der Waals surface area contributed by atoms with Crippen molar-refractivity contribution in [2.24, 2.45) is 0 Å². The molecule has 13 heavy (non-hydrogen) atoms. The first-order valence-electron chi connectivity index (χ1n) is 3.35. The van der Waals surface area contributed by atoms with Crippen LogP contribution in [0, 0.1) is 5.95 Å². The molecule has 0 spiro atoms. The predicted molar refractivity (Wildman–Crippen MR) is 42.5 cm³/mol. The lowest BCUT2D eigenvalue weighted by atomic mass is 10.7. The third-order valence-electron chi connectivity index (χ3n) is 1.20. The lowest BCUT2D eigenvalue weighted by molar-refractivity contribution is 0.572. The van der Waals surface area contributed by atoms with Crippen molar-refractivity contribution in [2.75, 3.05) is 0 Å². The Morgan fingerprint density at radius 1 is 1.23 bits per heavy atom. The van der Waals surface area contributed by atoms with Gasteiger partial charge in [-0.2, -0.15) is 9.49 Å². The van der Waals surface area contributed by atoms with E-state index in [4.69, 9.17) is 0 Å². The zero-order chi connectivity index (χ0) is 9.10.